The zero-order chi connectivity index (χ0) is 22.4. The first-order chi connectivity index (χ1) is 14.8. The molecule has 1 aliphatic heterocycles. The number of carbonyl (C=O) groups is 2. The lowest BCUT2D eigenvalue weighted by molar-refractivity contribution is -0.146. The number of nitrogens with zero attached hydrogens (tertiary/aromatic N) is 1. The summed E-state index contributed by atoms with van der Waals surface area (Å²) < 4.78 is 32.0. The molecule has 1 amide bonds. The highest BCUT2D eigenvalue weighted by molar-refractivity contribution is 7.89. The number of anilines is 1. The Morgan fingerprint density at radius 3 is 2.45 bits per heavy atom. The quantitative estimate of drug-likeness (QED) is 0.661. The van der Waals surface area contributed by atoms with Crippen LogP contribution in [0.1, 0.15) is 37.7 Å². The number of carbonyl (C=O) groups excluding carboxylic acids is 2. The molecule has 8 heteroatoms. The predicted molar refractivity (Wildman–Crippen MR) is 118 cm³/mol. The van der Waals surface area contributed by atoms with Crippen LogP contribution in [0.2, 0.25) is 0 Å². The molecule has 1 fully saturated rings. The molecule has 3 rings (SSSR count). The number of benzene rings is 2. The highest BCUT2D eigenvalue weighted by Gasteiger charge is 2.33. The third kappa shape index (κ3) is 5.71. The Balaban J connectivity index is 1.62. The Kier molecular flexibility index (Phi) is 7.46. The summed E-state index contributed by atoms with van der Waals surface area (Å²) in [6.45, 7) is 2.47. The lowest BCUT2D eigenvalue weighted by Gasteiger charge is -2.30. The van der Waals surface area contributed by atoms with Crippen LogP contribution in [-0.2, 0) is 24.3 Å². The van der Waals surface area contributed by atoms with E-state index in [2.05, 4.69) is 5.32 Å². The summed E-state index contributed by atoms with van der Waals surface area (Å²) >= 11 is 0. The van der Waals surface area contributed by atoms with E-state index in [1.165, 1.54) is 23.5 Å². The molecule has 0 aliphatic carbocycles. The van der Waals surface area contributed by atoms with Gasteiger partial charge in [-0.05, 0) is 48.6 Å². The van der Waals surface area contributed by atoms with Crippen LogP contribution in [0.4, 0.5) is 5.69 Å². The van der Waals surface area contributed by atoms with E-state index in [1.807, 2.05) is 37.3 Å². The minimum Gasteiger partial charge on any atom is -0.469 e. The van der Waals surface area contributed by atoms with Crippen molar-refractivity contribution < 1.29 is 22.7 Å². The Morgan fingerprint density at radius 1 is 1.13 bits per heavy atom. The third-order valence-corrected chi connectivity index (χ3v) is 7.43. The van der Waals surface area contributed by atoms with Crippen molar-refractivity contribution in [2.24, 2.45) is 5.92 Å². The van der Waals surface area contributed by atoms with Crippen LogP contribution in [0.15, 0.2) is 59.5 Å². The summed E-state index contributed by atoms with van der Waals surface area (Å²) in [5.41, 5.74) is 1.63. The van der Waals surface area contributed by atoms with E-state index in [4.69, 9.17) is 4.74 Å². The Hall–Kier alpha value is -2.71. The zero-order valence-corrected chi connectivity index (χ0v) is 18.6. The number of amides is 1. The molecule has 0 bridgehead atoms. The van der Waals surface area contributed by atoms with Crippen molar-refractivity contribution in [2.75, 3.05) is 25.5 Å². The summed E-state index contributed by atoms with van der Waals surface area (Å²) in [7, 11) is -2.42. The monoisotopic (exact) mass is 444 g/mol. The number of piperidine rings is 1. The van der Waals surface area contributed by atoms with Gasteiger partial charge in [0, 0.05) is 25.2 Å². The van der Waals surface area contributed by atoms with Crippen molar-refractivity contribution in [2.45, 2.75) is 37.0 Å². The molecule has 0 saturated carbocycles. The molecule has 0 radical (unpaired) electrons. The van der Waals surface area contributed by atoms with Gasteiger partial charge in [-0.15, -0.1) is 0 Å². The molecule has 1 saturated heterocycles. The van der Waals surface area contributed by atoms with E-state index in [0.717, 1.165) is 5.56 Å². The normalized spacial score (nSPS) is 18.2. The summed E-state index contributed by atoms with van der Waals surface area (Å²) in [4.78, 5) is 24.3. The molecule has 1 aliphatic rings. The standard InChI is InChI=1S/C23H28N2O5S/c1-17(18-7-4-3-5-8-18)15-22(26)24-20-10-12-21(13-11-20)31(28,29)25-14-6-9-19(16-25)23(27)30-2/h3-5,7-8,10-13,17,19H,6,9,14-16H2,1-2H3,(H,24,26)/t17-,19+/m1/s1. The fourth-order valence-electron chi connectivity index (χ4n) is 3.77. The SMILES string of the molecule is COC(=O)[C@H]1CCCN(S(=O)(=O)c2ccc(NC(=O)C[C@@H](C)c3ccccc3)cc2)C1. The maximum absolute atomic E-state index is 13.0. The molecule has 31 heavy (non-hydrogen) atoms. The first kappa shape index (κ1) is 23.0. The molecule has 0 unspecified atom stereocenters. The van der Waals surface area contributed by atoms with E-state index in [-0.39, 0.29) is 29.2 Å². The van der Waals surface area contributed by atoms with Gasteiger partial charge >= 0.3 is 5.97 Å². The van der Waals surface area contributed by atoms with Gasteiger partial charge in [-0.1, -0.05) is 37.3 Å². The highest BCUT2D eigenvalue weighted by atomic mass is 32.2. The number of ether oxygens (including phenoxy) is 1. The second kappa shape index (κ2) is 10.1. The van der Waals surface area contributed by atoms with Crippen LogP contribution in [0.3, 0.4) is 0 Å². The van der Waals surface area contributed by atoms with Gasteiger partial charge in [-0.25, -0.2) is 8.42 Å². The van der Waals surface area contributed by atoms with Crippen molar-refractivity contribution in [3.8, 4) is 0 Å². The maximum atomic E-state index is 13.0. The van der Waals surface area contributed by atoms with Gasteiger partial charge in [0.1, 0.15) is 0 Å². The minimum absolute atomic E-state index is 0.0720. The smallest absolute Gasteiger partial charge is 0.309 e. The summed E-state index contributed by atoms with van der Waals surface area (Å²) in [5, 5.41) is 2.82. The fourth-order valence-corrected chi connectivity index (χ4v) is 5.29. The molecule has 1 heterocycles. The average Bonchev–Trinajstić information content (AvgIpc) is 2.79. The molecular formula is C23H28N2O5S. The van der Waals surface area contributed by atoms with E-state index in [1.54, 1.807) is 12.1 Å². The largest absolute Gasteiger partial charge is 0.469 e. The van der Waals surface area contributed by atoms with Crippen LogP contribution in [-0.4, -0.2) is 44.8 Å². The van der Waals surface area contributed by atoms with Crippen molar-refractivity contribution >= 4 is 27.6 Å². The number of hydrogen-bond acceptors (Lipinski definition) is 5. The number of sulfonamides is 1. The van der Waals surface area contributed by atoms with Gasteiger partial charge in [0.25, 0.3) is 0 Å². The minimum atomic E-state index is -3.72. The topological polar surface area (TPSA) is 92.8 Å². The molecule has 2 atom stereocenters. The van der Waals surface area contributed by atoms with Crippen molar-refractivity contribution in [1.29, 1.82) is 0 Å². The van der Waals surface area contributed by atoms with Crippen LogP contribution >= 0.6 is 0 Å². The number of nitrogens with one attached hydrogen (secondary N) is 1. The number of rotatable bonds is 7. The summed E-state index contributed by atoms with van der Waals surface area (Å²) in [6.07, 6.45) is 1.55. The predicted octanol–water partition coefficient (Wildman–Crippen LogP) is 3.39. The fraction of sp³-hybridized carbons (Fsp3) is 0.391. The van der Waals surface area contributed by atoms with E-state index in [9.17, 15) is 18.0 Å². The number of esters is 1. The first-order valence-electron chi connectivity index (χ1n) is 10.3. The summed E-state index contributed by atoms with van der Waals surface area (Å²) in [5.74, 6) is -0.895. The summed E-state index contributed by atoms with van der Waals surface area (Å²) in [6, 6.07) is 15.9. The van der Waals surface area contributed by atoms with E-state index in [0.29, 0.717) is 31.5 Å². The molecule has 1 N–H and O–H groups in total. The van der Waals surface area contributed by atoms with Gasteiger partial charge in [-0.3, -0.25) is 9.59 Å². The van der Waals surface area contributed by atoms with Gasteiger partial charge in [0.15, 0.2) is 0 Å². The van der Waals surface area contributed by atoms with Crippen LogP contribution in [0.25, 0.3) is 0 Å². The van der Waals surface area contributed by atoms with Gasteiger partial charge in [0.2, 0.25) is 15.9 Å². The molecule has 2 aromatic rings. The lowest BCUT2D eigenvalue weighted by Crippen LogP contribution is -2.42. The van der Waals surface area contributed by atoms with Gasteiger partial charge < -0.3 is 10.1 Å². The Labute approximate surface area is 183 Å². The molecule has 2 aromatic carbocycles. The van der Waals surface area contributed by atoms with E-state index < -0.39 is 15.9 Å². The molecule has 7 nitrogen and oxygen atoms in total. The third-order valence-electron chi connectivity index (χ3n) is 5.55. The molecular weight excluding hydrogens is 416 g/mol. The van der Waals surface area contributed by atoms with Crippen molar-refractivity contribution in [3.63, 3.8) is 0 Å². The maximum Gasteiger partial charge on any atom is 0.309 e. The molecule has 166 valence electrons. The van der Waals surface area contributed by atoms with Crippen LogP contribution < -0.4 is 5.32 Å². The zero-order valence-electron chi connectivity index (χ0n) is 17.8. The molecule has 0 spiro atoms. The Morgan fingerprint density at radius 2 is 1.81 bits per heavy atom. The molecule has 0 aromatic heterocycles. The van der Waals surface area contributed by atoms with Crippen LogP contribution in [0, 0.1) is 5.92 Å². The second-order valence-corrected chi connectivity index (χ2v) is 9.75. The van der Waals surface area contributed by atoms with Gasteiger partial charge in [0.05, 0.1) is 17.9 Å². The lowest BCUT2D eigenvalue weighted by atomic mass is 9.97. The van der Waals surface area contributed by atoms with Crippen molar-refractivity contribution in [1.82, 2.24) is 4.31 Å². The van der Waals surface area contributed by atoms with E-state index >= 15 is 0 Å². The first-order valence-corrected chi connectivity index (χ1v) is 11.8. The van der Waals surface area contributed by atoms with Crippen molar-refractivity contribution in [3.05, 3.63) is 60.2 Å². The second-order valence-electron chi connectivity index (χ2n) is 7.81. The number of hydrogen-bond donors (Lipinski definition) is 1. The highest BCUT2D eigenvalue weighted by Crippen LogP contribution is 2.26. The number of methoxy groups -OCH3 is 1. The van der Waals surface area contributed by atoms with Crippen LogP contribution in [0.5, 0.6) is 0 Å². The Bertz CT molecular complexity index is 1010. The van der Waals surface area contributed by atoms with Gasteiger partial charge in [-0.2, -0.15) is 4.31 Å². The average molecular weight is 445 g/mol.